The van der Waals surface area contributed by atoms with Crippen LogP contribution in [0, 0.1) is 6.08 Å². The Morgan fingerprint density at radius 1 is 1.42 bits per heavy atom. The Morgan fingerprint density at radius 2 is 2.17 bits per heavy atom. The smallest absolute Gasteiger partial charge is 0.0484 e. The third-order valence-electron chi connectivity index (χ3n) is 2.23. The first-order valence-corrected chi connectivity index (χ1v) is 4.51. The van der Waals surface area contributed by atoms with Crippen molar-refractivity contribution >= 4 is 11.6 Å². The van der Waals surface area contributed by atoms with Crippen LogP contribution < -0.4 is 0 Å². The van der Waals surface area contributed by atoms with Crippen molar-refractivity contribution in [1.82, 2.24) is 0 Å². The van der Waals surface area contributed by atoms with E-state index < -0.39 is 0 Å². The van der Waals surface area contributed by atoms with E-state index in [2.05, 4.69) is 24.8 Å². The van der Waals surface area contributed by atoms with Gasteiger partial charge in [-0.05, 0) is 42.5 Å². The highest BCUT2D eigenvalue weighted by Gasteiger charge is 2.23. The molecule has 0 amide bonds. The SMILES string of the molecule is C=[C]c1cc(C2CC2)ccc1Cl. The molecule has 1 heteroatoms. The van der Waals surface area contributed by atoms with Crippen molar-refractivity contribution in [3.63, 3.8) is 0 Å². The molecule has 0 saturated heterocycles. The summed E-state index contributed by atoms with van der Waals surface area (Å²) >= 11 is 5.92. The van der Waals surface area contributed by atoms with E-state index in [1.165, 1.54) is 18.4 Å². The summed E-state index contributed by atoms with van der Waals surface area (Å²) in [7, 11) is 0. The number of hydrogen-bond donors (Lipinski definition) is 0. The molecular formula is C11H10Cl. The number of rotatable bonds is 2. The summed E-state index contributed by atoms with van der Waals surface area (Å²) in [6.07, 6.45) is 5.47. The summed E-state index contributed by atoms with van der Waals surface area (Å²) in [5.41, 5.74) is 2.31. The highest BCUT2D eigenvalue weighted by molar-refractivity contribution is 6.31. The average Bonchev–Trinajstić information content (AvgIpc) is 2.88. The molecule has 1 radical (unpaired) electrons. The van der Waals surface area contributed by atoms with Crippen LogP contribution in [0.2, 0.25) is 5.02 Å². The van der Waals surface area contributed by atoms with Gasteiger partial charge in [0.25, 0.3) is 0 Å². The molecule has 61 valence electrons. The zero-order valence-electron chi connectivity index (χ0n) is 6.81. The summed E-state index contributed by atoms with van der Waals surface area (Å²) in [4.78, 5) is 0. The van der Waals surface area contributed by atoms with Gasteiger partial charge in [-0.1, -0.05) is 24.2 Å². The number of benzene rings is 1. The van der Waals surface area contributed by atoms with Gasteiger partial charge in [0.15, 0.2) is 0 Å². The normalized spacial score (nSPS) is 16.1. The predicted molar refractivity (Wildman–Crippen MR) is 51.4 cm³/mol. The monoisotopic (exact) mass is 177 g/mol. The molecule has 0 heterocycles. The molecule has 1 saturated carbocycles. The molecule has 1 aliphatic rings. The lowest BCUT2D eigenvalue weighted by atomic mass is 10.1. The van der Waals surface area contributed by atoms with Crippen LogP contribution in [0.25, 0.3) is 0 Å². The second-order valence-electron chi connectivity index (χ2n) is 3.19. The fraction of sp³-hybridized carbons (Fsp3) is 0.273. The van der Waals surface area contributed by atoms with Crippen LogP contribution >= 0.6 is 11.6 Å². The zero-order chi connectivity index (χ0) is 8.55. The van der Waals surface area contributed by atoms with Crippen molar-refractivity contribution in [3.05, 3.63) is 47.0 Å². The molecule has 1 fully saturated rings. The third kappa shape index (κ3) is 1.39. The van der Waals surface area contributed by atoms with E-state index in [4.69, 9.17) is 11.6 Å². The molecule has 0 N–H and O–H groups in total. The molecule has 2 rings (SSSR count). The molecular weight excluding hydrogens is 168 g/mol. The molecule has 0 spiro atoms. The Hall–Kier alpha value is -0.750. The van der Waals surface area contributed by atoms with Crippen molar-refractivity contribution in [2.45, 2.75) is 18.8 Å². The molecule has 1 aromatic carbocycles. The number of hydrogen-bond acceptors (Lipinski definition) is 0. The van der Waals surface area contributed by atoms with E-state index in [-0.39, 0.29) is 0 Å². The van der Waals surface area contributed by atoms with Gasteiger partial charge in [-0.25, -0.2) is 0 Å². The summed E-state index contributed by atoms with van der Waals surface area (Å²) in [6, 6.07) is 6.12. The molecule has 0 nitrogen and oxygen atoms in total. The Labute approximate surface area is 77.9 Å². The van der Waals surface area contributed by atoms with Crippen molar-refractivity contribution in [1.29, 1.82) is 0 Å². The third-order valence-corrected chi connectivity index (χ3v) is 2.56. The van der Waals surface area contributed by atoms with Gasteiger partial charge in [-0.2, -0.15) is 0 Å². The first-order chi connectivity index (χ1) is 5.81. The average molecular weight is 178 g/mol. The van der Waals surface area contributed by atoms with Gasteiger partial charge in [-0.15, -0.1) is 0 Å². The summed E-state index contributed by atoms with van der Waals surface area (Å²) in [5, 5.41) is 0.745. The zero-order valence-corrected chi connectivity index (χ0v) is 7.56. The predicted octanol–water partition coefficient (Wildman–Crippen LogP) is 3.55. The van der Waals surface area contributed by atoms with Gasteiger partial charge < -0.3 is 0 Å². The molecule has 1 aliphatic carbocycles. The van der Waals surface area contributed by atoms with Crippen LogP contribution in [-0.2, 0) is 0 Å². The Balaban J connectivity index is 2.39. The largest absolute Gasteiger partial charge is 0.0905 e. The maximum absolute atomic E-state index is 5.92. The molecule has 0 bridgehead atoms. The molecule has 0 atom stereocenters. The van der Waals surface area contributed by atoms with E-state index >= 15 is 0 Å². The fourth-order valence-electron chi connectivity index (χ4n) is 1.35. The minimum Gasteiger partial charge on any atom is -0.0905 e. The van der Waals surface area contributed by atoms with Gasteiger partial charge in [0.1, 0.15) is 0 Å². The quantitative estimate of drug-likeness (QED) is 0.648. The fourth-order valence-corrected chi connectivity index (χ4v) is 1.53. The van der Waals surface area contributed by atoms with Crippen molar-refractivity contribution in [2.24, 2.45) is 0 Å². The van der Waals surface area contributed by atoms with E-state index in [1.54, 1.807) is 0 Å². The van der Waals surface area contributed by atoms with E-state index in [0.717, 1.165) is 16.5 Å². The summed E-state index contributed by atoms with van der Waals surface area (Å²) < 4.78 is 0. The van der Waals surface area contributed by atoms with Crippen LogP contribution in [0.1, 0.15) is 29.9 Å². The minimum atomic E-state index is 0.745. The van der Waals surface area contributed by atoms with Crippen LogP contribution in [0.5, 0.6) is 0 Å². The van der Waals surface area contributed by atoms with Crippen molar-refractivity contribution in [3.8, 4) is 0 Å². The van der Waals surface area contributed by atoms with E-state index in [9.17, 15) is 0 Å². The highest BCUT2D eigenvalue weighted by atomic mass is 35.5. The molecule has 1 aromatic rings. The van der Waals surface area contributed by atoms with Crippen LogP contribution in [-0.4, -0.2) is 0 Å². The maximum Gasteiger partial charge on any atom is 0.0484 e. The van der Waals surface area contributed by atoms with Gasteiger partial charge in [0, 0.05) is 10.6 Å². The Morgan fingerprint density at radius 3 is 2.75 bits per heavy atom. The second-order valence-corrected chi connectivity index (χ2v) is 3.60. The Bertz CT molecular complexity index is 311. The summed E-state index contributed by atoms with van der Waals surface area (Å²) in [5.74, 6) is 0.773. The first kappa shape index (κ1) is 7.88. The van der Waals surface area contributed by atoms with Crippen LogP contribution in [0.4, 0.5) is 0 Å². The first-order valence-electron chi connectivity index (χ1n) is 4.14. The summed E-state index contributed by atoms with van der Waals surface area (Å²) in [6.45, 7) is 3.60. The van der Waals surface area contributed by atoms with Gasteiger partial charge in [-0.3, -0.25) is 0 Å². The highest BCUT2D eigenvalue weighted by Crippen LogP contribution is 2.40. The van der Waals surface area contributed by atoms with Gasteiger partial charge >= 0.3 is 0 Å². The topological polar surface area (TPSA) is 0 Å². The van der Waals surface area contributed by atoms with Crippen LogP contribution in [0.15, 0.2) is 24.8 Å². The second kappa shape index (κ2) is 2.95. The minimum absolute atomic E-state index is 0.745. The van der Waals surface area contributed by atoms with Crippen LogP contribution in [0.3, 0.4) is 0 Å². The van der Waals surface area contributed by atoms with E-state index in [0.29, 0.717) is 0 Å². The standard InChI is InChI=1S/C11H10Cl/c1-2-8-7-10(9-3-4-9)5-6-11(8)12/h5-7,9H,1,3-4H2. The van der Waals surface area contributed by atoms with Crippen molar-refractivity contribution in [2.75, 3.05) is 0 Å². The Kier molecular flexibility index (Phi) is 1.93. The molecule has 12 heavy (non-hydrogen) atoms. The lowest BCUT2D eigenvalue weighted by Crippen LogP contribution is -1.82. The maximum atomic E-state index is 5.92. The molecule has 0 unspecified atom stereocenters. The molecule has 0 aromatic heterocycles. The van der Waals surface area contributed by atoms with Crippen molar-refractivity contribution < 1.29 is 0 Å². The van der Waals surface area contributed by atoms with E-state index in [1.807, 2.05) is 6.07 Å². The lowest BCUT2D eigenvalue weighted by molar-refractivity contribution is 1.13. The van der Waals surface area contributed by atoms with Gasteiger partial charge in [0.05, 0.1) is 0 Å². The van der Waals surface area contributed by atoms with Gasteiger partial charge in [0.2, 0.25) is 0 Å². The number of halogens is 1. The molecule has 0 aliphatic heterocycles. The lowest BCUT2D eigenvalue weighted by Gasteiger charge is -2.01.